The summed E-state index contributed by atoms with van der Waals surface area (Å²) in [5.74, 6) is 0.854. The monoisotopic (exact) mass is 696 g/mol. The second-order valence-electron chi connectivity index (χ2n) is 14.7. The zero-order valence-corrected chi connectivity index (χ0v) is 30.2. The van der Waals surface area contributed by atoms with Gasteiger partial charge in [-0.2, -0.15) is 0 Å². The third-order valence-electron chi connectivity index (χ3n) is 11.9. The Balaban J connectivity index is 1.08. The summed E-state index contributed by atoms with van der Waals surface area (Å²) in [6.45, 7) is 2.14. The average Bonchev–Trinajstić information content (AvgIpc) is 3.82. The minimum Gasteiger partial charge on any atom is -0.472 e. The Kier molecular flexibility index (Phi) is 7.03. The maximum Gasteiger partial charge on any atom is 0.0984 e. The molecule has 0 radical (unpaired) electrons. The van der Waals surface area contributed by atoms with Crippen LogP contribution in [0.15, 0.2) is 191 Å². The number of fused-ring (bicyclic) bond motifs is 7. The minimum absolute atomic E-state index is 0.276. The van der Waals surface area contributed by atoms with Crippen molar-refractivity contribution in [2.45, 2.75) is 23.0 Å². The molecule has 3 aliphatic carbocycles. The third-order valence-corrected chi connectivity index (χ3v) is 13.3. The van der Waals surface area contributed by atoms with E-state index in [2.05, 4.69) is 171 Å². The fourth-order valence-electron chi connectivity index (χ4n) is 9.65. The summed E-state index contributed by atoms with van der Waals surface area (Å²) in [5, 5.41) is 8.09. The molecule has 4 unspecified atom stereocenters. The molecule has 1 aliphatic heterocycles. The van der Waals surface area contributed by atoms with Gasteiger partial charge in [0.25, 0.3) is 0 Å². The van der Waals surface area contributed by atoms with Crippen LogP contribution in [0.25, 0.3) is 54.9 Å². The molecule has 252 valence electrons. The van der Waals surface area contributed by atoms with E-state index < -0.39 is 0 Å². The smallest absolute Gasteiger partial charge is 0.0984 e. The Bertz CT molecular complexity index is 2840. The number of rotatable bonds is 4. The summed E-state index contributed by atoms with van der Waals surface area (Å²) in [4.78, 5) is 1.39. The lowest BCUT2D eigenvalue weighted by Gasteiger charge is -2.36. The fourth-order valence-corrected chi connectivity index (χ4v) is 11.1. The predicted molar refractivity (Wildman–Crippen MR) is 222 cm³/mol. The van der Waals surface area contributed by atoms with Crippen molar-refractivity contribution in [3.63, 3.8) is 0 Å². The molecule has 4 aliphatic rings. The molecule has 4 atom stereocenters. The van der Waals surface area contributed by atoms with Crippen molar-refractivity contribution >= 4 is 44.5 Å². The molecule has 0 amide bonds. The van der Waals surface area contributed by atoms with Gasteiger partial charge in [-0.1, -0.05) is 152 Å². The molecule has 0 fully saturated rings. The molecular weight excluding hydrogens is 661 g/mol. The van der Waals surface area contributed by atoms with E-state index in [0.717, 1.165) is 11.1 Å². The molecule has 2 heterocycles. The molecule has 7 aromatic rings. The molecule has 6 aromatic carbocycles. The van der Waals surface area contributed by atoms with Gasteiger partial charge in [0, 0.05) is 39.0 Å². The minimum atomic E-state index is 0.276. The Morgan fingerprint density at radius 1 is 0.528 bits per heavy atom. The number of hydrogen-bond acceptors (Lipinski definition) is 2. The van der Waals surface area contributed by atoms with E-state index in [4.69, 9.17) is 4.42 Å². The van der Waals surface area contributed by atoms with Gasteiger partial charge < -0.3 is 4.42 Å². The summed E-state index contributed by atoms with van der Waals surface area (Å²) >= 11 is 2.05. The quantitative estimate of drug-likeness (QED) is 0.170. The van der Waals surface area contributed by atoms with Crippen LogP contribution >= 0.6 is 11.8 Å². The zero-order chi connectivity index (χ0) is 35.0. The summed E-state index contributed by atoms with van der Waals surface area (Å²) < 4.78 is 5.72. The summed E-state index contributed by atoms with van der Waals surface area (Å²) in [5.41, 5.74) is 13.2. The highest BCUT2D eigenvalue weighted by Crippen LogP contribution is 2.55. The van der Waals surface area contributed by atoms with Crippen molar-refractivity contribution < 1.29 is 4.42 Å². The molecule has 0 saturated heterocycles. The number of thioether (sulfide) groups is 1. The van der Waals surface area contributed by atoms with Crippen LogP contribution in [0.5, 0.6) is 0 Å². The number of allylic oxidation sites excluding steroid dienone is 7. The van der Waals surface area contributed by atoms with Gasteiger partial charge in [0.15, 0.2) is 0 Å². The van der Waals surface area contributed by atoms with Crippen molar-refractivity contribution in [1.29, 1.82) is 0 Å². The number of aryl methyl sites for hydroxylation is 1. The van der Waals surface area contributed by atoms with Crippen LogP contribution in [-0.2, 0) is 0 Å². The van der Waals surface area contributed by atoms with Gasteiger partial charge in [0.1, 0.15) is 0 Å². The lowest BCUT2D eigenvalue weighted by molar-refractivity contribution is 0.566. The standard InChI is InChI=1S/C51H36OS/c1-31-29-52-30-45(31)50-40-22-11-7-18-36(40)48(37-19-8-12-23-41(37)50)33-26-27-46-44(28-33)42-24-13-25-43(51(42)53-46)49-38-20-9-5-16-34(38)47(32-14-3-2-4-15-32)35-17-6-10-21-39(35)49/h2-30,34,38,42,51H,1H3. The lowest BCUT2D eigenvalue weighted by Crippen LogP contribution is -2.41. The van der Waals surface area contributed by atoms with Gasteiger partial charge in [-0.3, -0.25) is 0 Å². The molecule has 0 spiro atoms. The van der Waals surface area contributed by atoms with Gasteiger partial charge in [0.05, 0.1) is 12.5 Å². The first kappa shape index (κ1) is 30.8. The van der Waals surface area contributed by atoms with E-state index in [1.807, 2.05) is 24.3 Å². The lowest BCUT2D eigenvalue weighted by atomic mass is 9.68. The van der Waals surface area contributed by atoms with Gasteiger partial charge in [-0.25, -0.2) is 0 Å². The first-order valence-corrected chi connectivity index (χ1v) is 19.5. The number of furan rings is 1. The first-order chi connectivity index (χ1) is 26.2. The number of benzene rings is 6. The van der Waals surface area contributed by atoms with Gasteiger partial charge in [-0.15, -0.1) is 11.8 Å². The normalized spacial score (nSPS) is 21.0. The van der Waals surface area contributed by atoms with Crippen LogP contribution < -0.4 is 10.4 Å². The topological polar surface area (TPSA) is 13.1 Å². The molecule has 53 heavy (non-hydrogen) atoms. The molecule has 11 rings (SSSR count). The molecule has 0 saturated carbocycles. The largest absolute Gasteiger partial charge is 0.472 e. The van der Waals surface area contributed by atoms with Crippen molar-refractivity contribution in [1.82, 2.24) is 0 Å². The van der Waals surface area contributed by atoms with Crippen LogP contribution in [0.3, 0.4) is 0 Å². The van der Waals surface area contributed by atoms with Crippen LogP contribution in [0.2, 0.25) is 0 Å². The van der Waals surface area contributed by atoms with Gasteiger partial charge in [-0.05, 0) is 95.6 Å². The molecule has 0 N–H and O–H groups in total. The van der Waals surface area contributed by atoms with Crippen molar-refractivity contribution in [2.24, 2.45) is 11.8 Å². The highest BCUT2D eigenvalue weighted by Gasteiger charge is 2.41. The van der Waals surface area contributed by atoms with Crippen LogP contribution in [0.1, 0.15) is 22.6 Å². The highest BCUT2D eigenvalue weighted by atomic mass is 32.2. The number of hydrogen-bond donors (Lipinski definition) is 0. The van der Waals surface area contributed by atoms with Crippen LogP contribution in [-0.4, -0.2) is 5.25 Å². The molecule has 0 bridgehead atoms. The second kappa shape index (κ2) is 12.1. The SMILES string of the molecule is Cc1cocc1-c1c2ccccc2c(-c2ccc3c(c2)C2C=CC=C(C4=c5ccccc5=C(c5ccccc5)C5C=CC=CC45)C2S3)c2ccccc12. The fraction of sp³-hybridized carbons (Fsp3) is 0.0980. The van der Waals surface area contributed by atoms with E-state index in [1.165, 1.54) is 81.4 Å². The Hall–Kier alpha value is -5.83. The van der Waals surface area contributed by atoms with Crippen molar-refractivity contribution in [3.8, 4) is 22.3 Å². The summed E-state index contributed by atoms with van der Waals surface area (Å²) in [7, 11) is 0. The van der Waals surface area contributed by atoms with E-state index >= 15 is 0 Å². The highest BCUT2D eigenvalue weighted by molar-refractivity contribution is 8.00. The Morgan fingerprint density at radius 2 is 1.13 bits per heavy atom. The zero-order valence-electron chi connectivity index (χ0n) is 29.4. The maximum absolute atomic E-state index is 5.72. The summed E-state index contributed by atoms with van der Waals surface area (Å²) in [6.07, 6.45) is 20.3. The van der Waals surface area contributed by atoms with Gasteiger partial charge >= 0.3 is 0 Å². The van der Waals surface area contributed by atoms with Crippen LogP contribution in [0.4, 0.5) is 0 Å². The molecule has 2 heteroatoms. The second-order valence-corrected chi connectivity index (χ2v) is 15.9. The molecule has 1 aromatic heterocycles. The van der Waals surface area contributed by atoms with Gasteiger partial charge in [0.2, 0.25) is 0 Å². The Labute approximate surface area is 313 Å². The van der Waals surface area contributed by atoms with E-state index in [9.17, 15) is 0 Å². The van der Waals surface area contributed by atoms with E-state index in [1.54, 1.807) is 0 Å². The van der Waals surface area contributed by atoms with E-state index in [0.29, 0.717) is 11.2 Å². The van der Waals surface area contributed by atoms with Crippen molar-refractivity contribution in [2.75, 3.05) is 0 Å². The van der Waals surface area contributed by atoms with E-state index in [-0.39, 0.29) is 11.8 Å². The average molecular weight is 697 g/mol. The van der Waals surface area contributed by atoms with Crippen LogP contribution in [0, 0.1) is 18.8 Å². The maximum atomic E-state index is 5.72. The Morgan fingerprint density at radius 3 is 1.81 bits per heavy atom. The van der Waals surface area contributed by atoms with Crippen molar-refractivity contribution in [3.05, 3.63) is 209 Å². The molecular formula is C51H36OS. The molecule has 1 nitrogen and oxygen atoms in total. The first-order valence-electron chi connectivity index (χ1n) is 18.6. The third kappa shape index (κ3) is 4.65. The predicted octanol–water partition coefficient (Wildman–Crippen LogP) is 11.7. The summed E-state index contributed by atoms with van der Waals surface area (Å²) in [6, 6.07) is 45.2.